The Morgan fingerprint density at radius 1 is 1.44 bits per heavy atom. The number of aryl methyl sites for hydroxylation is 1. The molecule has 0 fully saturated rings. The van der Waals surface area contributed by atoms with Crippen molar-refractivity contribution in [2.75, 3.05) is 6.26 Å². The SMILES string of the molecule is Cc1ccccc1[C@@H](O)[C@](Cl)(I)S(C)(=O)=O. The molecule has 0 bridgehead atoms. The van der Waals surface area contributed by atoms with Gasteiger partial charge in [-0.15, -0.1) is 0 Å². The molecule has 0 spiro atoms. The van der Waals surface area contributed by atoms with Gasteiger partial charge in [-0.25, -0.2) is 8.42 Å². The van der Waals surface area contributed by atoms with Gasteiger partial charge in [0.25, 0.3) is 0 Å². The van der Waals surface area contributed by atoms with Crippen LogP contribution in [-0.4, -0.2) is 22.0 Å². The zero-order valence-corrected chi connectivity index (χ0v) is 12.5. The summed E-state index contributed by atoms with van der Waals surface area (Å²) in [6.07, 6.45) is -0.250. The monoisotopic (exact) mass is 374 g/mol. The van der Waals surface area contributed by atoms with E-state index in [4.69, 9.17) is 11.6 Å². The summed E-state index contributed by atoms with van der Waals surface area (Å²) in [5.41, 5.74) is 1.33. The molecule has 0 amide bonds. The van der Waals surface area contributed by atoms with Crippen molar-refractivity contribution in [3.63, 3.8) is 0 Å². The molecule has 0 saturated carbocycles. The number of aliphatic hydroxyl groups excluding tert-OH is 1. The van der Waals surface area contributed by atoms with Gasteiger partial charge in [0.05, 0.1) is 0 Å². The third-order valence-corrected chi connectivity index (χ3v) is 7.55. The van der Waals surface area contributed by atoms with Gasteiger partial charge in [0.1, 0.15) is 6.10 Å². The molecule has 90 valence electrons. The molecule has 0 saturated heterocycles. The highest BCUT2D eigenvalue weighted by Crippen LogP contribution is 2.43. The van der Waals surface area contributed by atoms with Crippen LogP contribution in [0.5, 0.6) is 0 Å². The fraction of sp³-hybridized carbons (Fsp3) is 0.400. The van der Waals surface area contributed by atoms with Crippen molar-refractivity contribution in [2.45, 2.75) is 15.2 Å². The van der Waals surface area contributed by atoms with Crippen LogP contribution in [0.15, 0.2) is 24.3 Å². The smallest absolute Gasteiger partial charge is 0.224 e. The Morgan fingerprint density at radius 3 is 2.38 bits per heavy atom. The number of rotatable bonds is 3. The summed E-state index contributed by atoms with van der Waals surface area (Å²) in [4.78, 5) is 0. The Morgan fingerprint density at radius 2 is 1.94 bits per heavy atom. The Bertz CT molecular complexity index is 485. The van der Waals surface area contributed by atoms with Crippen molar-refractivity contribution < 1.29 is 13.5 Å². The summed E-state index contributed by atoms with van der Waals surface area (Å²) >= 11 is 7.47. The molecule has 16 heavy (non-hydrogen) atoms. The number of aliphatic hydroxyl groups is 1. The first kappa shape index (κ1) is 14.2. The number of alkyl halides is 2. The molecule has 2 atom stereocenters. The summed E-state index contributed by atoms with van der Waals surface area (Å²) in [6.45, 7) is 1.80. The highest BCUT2D eigenvalue weighted by Gasteiger charge is 2.44. The van der Waals surface area contributed by atoms with Crippen LogP contribution in [0.25, 0.3) is 0 Å². The first-order valence-electron chi connectivity index (χ1n) is 4.49. The lowest BCUT2D eigenvalue weighted by molar-refractivity contribution is 0.187. The van der Waals surface area contributed by atoms with Gasteiger partial charge in [0, 0.05) is 6.26 Å². The van der Waals surface area contributed by atoms with Gasteiger partial charge >= 0.3 is 0 Å². The molecule has 0 aliphatic rings. The number of benzene rings is 1. The van der Waals surface area contributed by atoms with Crippen LogP contribution in [0.1, 0.15) is 17.2 Å². The average Bonchev–Trinajstić information content (AvgIpc) is 2.15. The normalized spacial score (nSPS) is 17.8. The van der Waals surface area contributed by atoms with Crippen LogP contribution in [0.2, 0.25) is 0 Å². The fourth-order valence-corrected chi connectivity index (χ4v) is 2.26. The van der Waals surface area contributed by atoms with E-state index >= 15 is 0 Å². The summed E-state index contributed by atoms with van der Waals surface area (Å²) < 4.78 is 21.2. The Kier molecular flexibility index (Phi) is 4.26. The van der Waals surface area contributed by atoms with Crippen molar-refractivity contribution in [3.05, 3.63) is 35.4 Å². The molecule has 6 heteroatoms. The average molecular weight is 375 g/mol. The van der Waals surface area contributed by atoms with Crippen LogP contribution < -0.4 is 0 Å². The zero-order chi connectivity index (χ0) is 12.6. The van der Waals surface area contributed by atoms with E-state index in [0.29, 0.717) is 5.56 Å². The molecule has 0 aliphatic carbocycles. The number of hydrogen-bond donors (Lipinski definition) is 1. The van der Waals surface area contributed by atoms with Gasteiger partial charge in [-0.1, -0.05) is 35.9 Å². The van der Waals surface area contributed by atoms with Crippen molar-refractivity contribution in [1.29, 1.82) is 0 Å². The molecule has 3 nitrogen and oxygen atoms in total. The lowest BCUT2D eigenvalue weighted by atomic mass is 10.0. The van der Waals surface area contributed by atoms with Crippen molar-refractivity contribution >= 4 is 44.0 Å². The van der Waals surface area contributed by atoms with Gasteiger partial charge in [-0.05, 0) is 40.6 Å². The lowest BCUT2D eigenvalue weighted by Gasteiger charge is -2.25. The molecular formula is C10H12ClIO3S. The van der Waals surface area contributed by atoms with Crippen LogP contribution in [0, 0.1) is 6.92 Å². The topological polar surface area (TPSA) is 54.4 Å². The van der Waals surface area contributed by atoms with Gasteiger partial charge in [0.2, 0.25) is 2.21 Å². The van der Waals surface area contributed by atoms with E-state index in [1.165, 1.54) is 0 Å². The highest BCUT2D eigenvalue weighted by atomic mass is 127. The van der Waals surface area contributed by atoms with Crippen LogP contribution in [-0.2, 0) is 9.84 Å². The van der Waals surface area contributed by atoms with E-state index in [1.54, 1.807) is 47.7 Å². The minimum Gasteiger partial charge on any atom is -0.385 e. The Labute approximate surface area is 114 Å². The fourth-order valence-electron chi connectivity index (χ4n) is 1.28. The predicted molar refractivity (Wildman–Crippen MR) is 73.6 cm³/mol. The minimum atomic E-state index is -3.56. The van der Waals surface area contributed by atoms with E-state index < -0.39 is 18.2 Å². The summed E-state index contributed by atoms with van der Waals surface area (Å²) in [7, 11) is -3.56. The van der Waals surface area contributed by atoms with Crippen LogP contribution in [0.3, 0.4) is 0 Å². The molecule has 0 aromatic heterocycles. The maximum Gasteiger partial charge on any atom is 0.224 e. The van der Waals surface area contributed by atoms with Crippen LogP contribution >= 0.6 is 34.2 Å². The maximum atomic E-state index is 11.5. The summed E-state index contributed by atoms with van der Waals surface area (Å²) in [5.74, 6) is 0. The lowest BCUT2D eigenvalue weighted by Crippen LogP contribution is -2.32. The predicted octanol–water partition coefficient (Wildman–Crippen LogP) is 2.40. The number of hydrogen-bond acceptors (Lipinski definition) is 3. The molecule has 0 heterocycles. The molecule has 0 aliphatic heterocycles. The third kappa shape index (κ3) is 2.69. The molecule has 1 rings (SSSR count). The first-order valence-corrected chi connectivity index (χ1v) is 7.83. The van der Waals surface area contributed by atoms with E-state index in [0.717, 1.165) is 11.8 Å². The Balaban J connectivity index is 3.23. The van der Waals surface area contributed by atoms with Crippen LogP contribution in [0.4, 0.5) is 0 Å². The van der Waals surface area contributed by atoms with Crippen molar-refractivity contribution in [1.82, 2.24) is 0 Å². The van der Waals surface area contributed by atoms with Gasteiger partial charge in [-0.2, -0.15) is 0 Å². The molecule has 1 N–H and O–H groups in total. The molecule has 1 aromatic carbocycles. The van der Waals surface area contributed by atoms with Gasteiger partial charge in [-0.3, -0.25) is 0 Å². The third-order valence-electron chi connectivity index (χ3n) is 2.30. The number of sulfone groups is 1. The van der Waals surface area contributed by atoms with E-state index in [9.17, 15) is 13.5 Å². The molecule has 0 unspecified atom stereocenters. The maximum absolute atomic E-state index is 11.5. The minimum absolute atomic E-state index is 0.525. The quantitative estimate of drug-likeness (QED) is 0.653. The second-order valence-corrected chi connectivity index (χ2v) is 9.67. The Hall–Kier alpha value is 0.150. The molecule has 0 radical (unpaired) electrons. The van der Waals surface area contributed by atoms with Gasteiger partial charge in [0.15, 0.2) is 9.84 Å². The van der Waals surface area contributed by atoms with Crippen molar-refractivity contribution in [2.24, 2.45) is 0 Å². The molecule has 1 aromatic rings. The zero-order valence-electron chi connectivity index (χ0n) is 8.81. The second-order valence-electron chi connectivity index (χ2n) is 3.59. The number of halogens is 2. The van der Waals surface area contributed by atoms with E-state index in [2.05, 4.69) is 0 Å². The highest BCUT2D eigenvalue weighted by molar-refractivity contribution is 14.1. The van der Waals surface area contributed by atoms with Crippen molar-refractivity contribution in [3.8, 4) is 0 Å². The summed E-state index contributed by atoms with van der Waals surface area (Å²) in [5, 5.41) is 10.0. The second kappa shape index (κ2) is 4.80. The molecular weight excluding hydrogens is 363 g/mol. The largest absolute Gasteiger partial charge is 0.385 e. The van der Waals surface area contributed by atoms with Gasteiger partial charge < -0.3 is 5.11 Å². The summed E-state index contributed by atoms with van der Waals surface area (Å²) in [6, 6.07) is 7.01. The first-order chi connectivity index (χ1) is 7.18. The van der Waals surface area contributed by atoms with E-state index in [-0.39, 0.29) is 0 Å². The standard InChI is InChI=1S/C10H12ClIO3S/c1-7-5-3-4-6-8(7)9(13)10(11,12)16(2,14)15/h3-6,9,13H,1-2H3/t9-,10+/m1/s1. The van der Waals surface area contributed by atoms with E-state index in [1.807, 2.05) is 6.07 Å².